The molecule has 2 aromatic rings. The molecular formula is C17H21N3O. The van der Waals surface area contributed by atoms with Gasteiger partial charge in [0.15, 0.2) is 0 Å². The lowest BCUT2D eigenvalue weighted by Gasteiger charge is -2.26. The van der Waals surface area contributed by atoms with E-state index in [1.807, 2.05) is 20.9 Å². The smallest absolute Gasteiger partial charge is 0.127 e. The number of ether oxygens (including phenoxy) is 1. The Labute approximate surface area is 125 Å². The van der Waals surface area contributed by atoms with Crippen LogP contribution in [0.15, 0.2) is 24.3 Å². The third kappa shape index (κ3) is 2.63. The number of para-hydroxylation sites is 1. The highest BCUT2D eigenvalue weighted by atomic mass is 16.5. The Morgan fingerprint density at radius 1 is 1.19 bits per heavy atom. The van der Waals surface area contributed by atoms with Gasteiger partial charge in [0.1, 0.15) is 5.75 Å². The number of rotatable bonds is 3. The second-order valence-corrected chi connectivity index (χ2v) is 5.54. The average Bonchev–Trinajstić information content (AvgIpc) is 2.51. The van der Waals surface area contributed by atoms with Gasteiger partial charge < -0.3 is 10.1 Å². The molecule has 0 fully saturated rings. The lowest BCUT2D eigenvalue weighted by molar-refractivity contribution is 0.283. The Morgan fingerprint density at radius 3 is 2.86 bits per heavy atom. The lowest BCUT2D eigenvalue weighted by Crippen LogP contribution is -2.22. The predicted octanol–water partition coefficient (Wildman–Crippen LogP) is 2.73. The average molecular weight is 283 g/mol. The maximum Gasteiger partial charge on any atom is 0.127 e. The molecule has 2 heterocycles. The summed E-state index contributed by atoms with van der Waals surface area (Å²) in [6, 6.07) is 8.59. The molecule has 4 nitrogen and oxygen atoms in total. The zero-order valence-corrected chi connectivity index (χ0v) is 12.8. The normalized spacial score (nSPS) is 15.2. The SMILES string of the molecule is CNC(c1cc(C)nnc1C)c1cccc2c1OCCC2. The topological polar surface area (TPSA) is 47.0 Å². The maximum absolute atomic E-state index is 5.95. The number of hydrogen-bond acceptors (Lipinski definition) is 4. The van der Waals surface area contributed by atoms with Crippen molar-refractivity contribution in [2.45, 2.75) is 32.7 Å². The summed E-state index contributed by atoms with van der Waals surface area (Å²) in [6.07, 6.45) is 2.18. The molecule has 4 heteroatoms. The van der Waals surface area contributed by atoms with Crippen molar-refractivity contribution in [2.24, 2.45) is 0 Å². The van der Waals surface area contributed by atoms with Crippen molar-refractivity contribution >= 4 is 0 Å². The minimum absolute atomic E-state index is 0.0762. The zero-order valence-electron chi connectivity index (χ0n) is 12.8. The molecule has 1 atom stereocenters. The maximum atomic E-state index is 5.95. The van der Waals surface area contributed by atoms with Crippen LogP contribution in [0.1, 0.15) is 40.5 Å². The summed E-state index contributed by atoms with van der Waals surface area (Å²) in [5, 5.41) is 11.8. The van der Waals surface area contributed by atoms with E-state index in [1.54, 1.807) is 0 Å². The zero-order chi connectivity index (χ0) is 14.8. The van der Waals surface area contributed by atoms with Crippen LogP contribution in [0.5, 0.6) is 5.75 Å². The number of nitrogens with one attached hydrogen (secondary N) is 1. The van der Waals surface area contributed by atoms with Crippen LogP contribution in [0.2, 0.25) is 0 Å². The molecule has 1 N–H and O–H groups in total. The van der Waals surface area contributed by atoms with Crippen LogP contribution in [-0.2, 0) is 6.42 Å². The summed E-state index contributed by atoms with van der Waals surface area (Å²) < 4.78 is 5.95. The van der Waals surface area contributed by atoms with Crippen LogP contribution in [0.25, 0.3) is 0 Å². The fourth-order valence-corrected chi connectivity index (χ4v) is 2.98. The van der Waals surface area contributed by atoms with E-state index in [2.05, 4.69) is 39.8 Å². The van der Waals surface area contributed by atoms with Gasteiger partial charge in [0.2, 0.25) is 0 Å². The van der Waals surface area contributed by atoms with E-state index in [0.29, 0.717) is 0 Å². The summed E-state index contributed by atoms with van der Waals surface area (Å²) >= 11 is 0. The molecule has 0 saturated heterocycles. The van der Waals surface area contributed by atoms with Crippen molar-refractivity contribution in [2.75, 3.05) is 13.7 Å². The quantitative estimate of drug-likeness (QED) is 0.941. The van der Waals surface area contributed by atoms with Gasteiger partial charge in [0.05, 0.1) is 24.0 Å². The number of aryl methyl sites for hydroxylation is 3. The minimum Gasteiger partial charge on any atom is -0.493 e. The van der Waals surface area contributed by atoms with Crippen LogP contribution in [0.4, 0.5) is 0 Å². The minimum atomic E-state index is 0.0762. The van der Waals surface area contributed by atoms with E-state index < -0.39 is 0 Å². The van der Waals surface area contributed by atoms with Gasteiger partial charge in [-0.1, -0.05) is 18.2 Å². The third-order valence-electron chi connectivity index (χ3n) is 4.01. The monoisotopic (exact) mass is 283 g/mol. The molecule has 0 bridgehead atoms. The highest BCUT2D eigenvalue weighted by Gasteiger charge is 2.23. The lowest BCUT2D eigenvalue weighted by atomic mass is 9.93. The van der Waals surface area contributed by atoms with E-state index >= 15 is 0 Å². The standard InChI is InChI=1S/C17H21N3O/c1-11-10-15(12(2)20-19-11)16(18-3)14-8-4-6-13-7-5-9-21-17(13)14/h4,6,8,10,16,18H,5,7,9H2,1-3H3. The number of aromatic nitrogens is 2. The van der Waals surface area contributed by atoms with E-state index in [1.165, 1.54) is 11.1 Å². The first-order valence-electron chi connectivity index (χ1n) is 7.43. The summed E-state index contributed by atoms with van der Waals surface area (Å²) in [5.74, 6) is 1.04. The van der Waals surface area contributed by atoms with Gasteiger partial charge in [-0.3, -0.25) is 0 Å². The number of hydrogen-bond donors (Lipinski definition) is 1. The molecule has 1 aromatic heterocycles. The van der Waals surface area contributed by atoms with Crippen LogP contribution in [0, 0.1) is 13.8 Å². The Kier molecular flexibility index (Phi) is 3.88. The molecular weight excluding hydrogens is 262 g/mol. The number of nitrogens with zero attached hydrogens (tertiary/aromatic N) is 2. The Hall–Kier alpha value is -1.94. The Morgan fingerprint density at radius 2 is 2.05 bits per heavy atom. The molecule has 110 valence electrons. The summed E-state index contributed by atoms with van der Waals surface area (Å²) in [7, 11) is 1.97. The van der Waals surface area contributed by atoms with Crippen molar-refractivity contribution in [1.29, 1.82) is 0 Å². The Balaban J connectivity index is 2.10. The van der Waals surface area contributed by atoms with Gasteiger partial charge in [-0.05, 0) is 50.9 Å². The first-order valence-corrected chi connectivity index (χ1v) is 7.43. The van der Waals surface area contributed by atoms with Gasteiger partial charge in [0.25, 0.3) is 0 Å². The molecule has 3 rings (SSSR count). The second kappa shape index (κ2) is 5.82. The number of benzene rings is 1. The molecule has 0 saturated carbocycles. The molecule has 0 spiro atoms. The summed E-state index contributed by atoms with van der Waals surface area (Å²) in [5.41, 5.74) is 5.53. The molecule has 21 heavy (non-hydrogen) atoms. The number of fused-ring (bicyclic) bond motifs is 1. The summed E-state index contributed by atoms with van der Waals surface area (Å²) in [4.78, 5) is 0. The van der Waals surface area contributed by atoms with Crippen molar-refractivity contribution < 1.29 is 4.74 Å². The van der Waals surface area contributed by atoms with Crippen LogP contribution >= 0.6 is 0 Å². The molecule has 1 aliphatic heterocycles. The van der Waals surface area contributed by atoms with Gasteiger partial charge in [-0.15, -0.1) is 0 Å². The van der Waals surface area contributed by atoms with Crippen molar-refractivity contribution in [3.8, 4) is 5.75 Å². The molecule has 1 aliphatic rings. The highest BCUT2D eigenvalue weighted by Crippen LogP contribution is 2.36. The largest absolute Gasteiger partial charge is 0.493 e. The van der Waals surface area contributed by atoms with Crippen molar-refractivity contribution in [3.63, 3.8) is 0 Å². The van der Waals surface area contributed by atoms with Crippen LogP contribution in [0.3, 0.4) is 0 Å². The van der Waals surface area contributed by atoms with Gasteiger partial charge in [-0.2, -0.15) is 10.2 Å². The first-order chi connectivity index (χ1) is 10.2. The third-order valence-corrected chi connectivity index (χ3v) is 4.01. The highest BCUT2D eigenvalue weighted by molar-refractivity contribution is 5.48. The first kappa shape index (κ1) is 14.0. The Bertz CT molecular complexity index is 654. The van der Waals surface area contributed by atoms with Crippen LogP contribution < -0.4 is 10.1 Å². The fraction of sp³-hybridized carbons (Fsp3) is 0.412. The predicted molar refractivity (Wildman–Crippen MR) is 82.7 cm³/mol. The van der Waals surface area contributed by atoms with E-state index in [9.17, 15) is 0 Å². The molecule has 1 aromatic carbocycles. The second-order valence-electron chi connectivity index (χ2n) is 5.54. The van der Waals surface area contributed by atoms with Crippen LogP contribution in [-0.4, -0.2) is 23.9 Å². The molecule has 0 aliphatic carbocycles. The van der Waals surface area contributed by atoms with E-state index in [-0.39, 0.29) is 6.04 Å². The van der Waals surface area contributed by atoms with Crippen molar-refractivity contribution in [1.82, 2.24) is 15.5 Å². The van der Waals surface area contributed by atoms with Gasteiger partial charge >= 0.3 is 0 Å². The van der Waals surface area contributed by atoms with Gasteiger partial charge in [-0.25, -0.2) is 0 Å². The molecule has 0 amide bonds. The van der Waals surface area contributed by atoms with Crippen molar-refractivity contribution in [3.05, 3.63) is 52.3 Å². The molecule has 1 unspecified atom stereocenters. The molecule has 0 radical (unpaired) electrons. The van der Waals surface area contributed by atoms with Gasteiger partial charge in [0, 0.05) is 5.56 Å². The van der Waals surface area contributed by atoms with E-state index in [4.69, 9.17) is 4.74 Å². The van der Waals surface area contributed by atoms with E-state index in [0.717, 1.165) is 42.1 Å². The summed E-state index contributed by atoms with van der Waals surface area (Å²) in [6.45, 7) is 4.77. The fourth-order valence-electron chi connectivity index (χ4n) is 2.98.